The van der Waals surface area contributed by atoms with Gasteiger partial charge in [-0.15, -0.1) is 0 Å². The van der Waals surface area contributed by atoms with Crippen LogP contribution in [0.15, 0.2) is 24.3 Å². The van der Waals surface area contributed by atoms with Crippen LogP contribution in [0, 0.1) is 46.3 Å². The van der Waals surface area contributed by atoms with Crippen LogP contribution in [0.3, 0.4) is 0 Å². The fraction of sp³-hybridized carbons (Fsp3) is 0.781. The summed E-state index contributed by atoms with van der Waals surface area (Å²) in [6.45, 7) is 8.06. The number of para-hydroxylation sites is 1. The Kier molecular flexibility index (Phi) is 6.31. The second kappa shape index (κ2) is 9.12. The zero-order valence-electron chi connectivity index (χ0n) is 22.7. The molecule has 2 N–H and O–H groups in total. The van der Waals surface area contributed by atoms with Crippen molar-refractivity contribution in [3.8, 4) is 0 Å². The molecule has 0 saturated heterocycles. The first-order valence-corrected chi connectivity index (χ1v) is 15.0. The molecule has 4 nitrogen and oxygen atoms in total. The number of carbonyl (C=O) groups excluding carboxylic acids is 1. The smallest absolute Gasteiger partial charge is 0.227 e. The molecule has 0 unspecified atom stereocenters. The quantitative estimate of drug-likeness (QED) is 0.542. The van der Waals surface area contributed by atoms with Crippen molar-refractivity contribution in [3.05, 3.63) is 29.8 Å². The van der Waals surface area contributed by atoms with Crippen LogP contribution in [-0.4, -0.2) is 34.9 Å². The third kappa shape index (κ3) is 3.72. The van der Waals surface area contributed by atoms with Gasteiger partial charge in [0, 0.05) is 18.7 Å². The SMILES string of the molecule is C[C@H](CCC(=O)N1CCc2ccccc21)[C@H]1CC[C@H]2[C@@H]3CC[C@@H]4C[C@H](O)CC[C@]4(C)[C@H]3C[C@H](O)[C@]12C. The summed E-state index contributed by atoms with van der Waals surface area (Å²) in [6.07, 6.45) is 11.0. The Morgan fingerprint density at radius 3 is 2.69 bits per heavy atom. The van der Waals surface area contributed by atoms with E-state index in [9.17, 15) is 15.0 Å². The Bertz CT molecular complexity index is 993. The first kappa shape index (κ1) is 24.9. The summed E-state index contributed by atoms with van der Waals surface area (Å²) in [5.41, 5.74) is 2.66. The summed E-state index contributed by atoms with van der Waals surface area (Å²) < 4.78 is 0. The number of benzene rings is 1. The Morgan fingerprint density at radius 2 is 1.86 bits per heavy atom. The fourth-order valence-corrected chi connectivity index (χ4v) is 10.4. The minimum atomic E-state index is -0.248. The van der Waals surface area contributed by atoms with Crippen LogP contribution in [-0.2, 0) is 11.2 Å². The number of rotatable bonds is 4. The van der Waals surface area contributed by atoms with Gasteiger partial charge < -0.3 is 15.1 Å². The molecule has 1 aliphatic heterocycles. The summed E-state index contributed by atoms with van der Waals surface area (Å²) >= 11 is 0. The zero-order valence-corrected chi connectivity index (χ0v) is 22.7. The number of nitrogens with zero attached hydrogens (tertiary/aromatic N) is 1. The lowest BCUT2D eigenvalue weighted by Gasteiger charge is -2.62. The lowest BCUT2D eigenvalue weighted by atomic mass is 9.43. The topological polar surface area (TPSA) is 60.8 Å². The van der Waals surface area contributed by atoms with Crippen molar-refractivity contribution in [2.45, 2.75) is 104 Å². The Labute approximate surface area is 217 Å². The number of anilines is 1. The predicted molar refractivity (Wildman–Crippen MR) is 144 cm³/mol. The van der Waals surface area contributed by atoms with E-state index in [1.54, 1.807) is 0 Å². The maximum Gasteiger partial charge on any atom is 0.227 e. The Morgan fingerprint density at radius 1 is 1.06 bits per heavy atom. The molecule has 0 aromatic heterocycles. The molecule has 0 radical (unpaired) electrons. The molecule has 10 atom stereocenters. The van der Waals surface area contributed by atoms with Crippen molar-refractivity contribution in [2.24, 2.45) is 46.3 Å². The molecule has 0 spiro atoms. The molecule has 6 rings (SSSR count). The Balaban J connectivity index is 1.14. The molecule has 4 aliphatic carbocycles. The van der Waals surface area contributed by atoms with Crippen molar-refractivity contribution in [3.63, 3.8) is 0 Å². The molecule has 0 bridgehead atoms. The first-order valence-electron chi connectivity index (χ1n) is 15.0. The molecule has 198 valence electrons. The lowest BCUT2D eigenvalue weighted by molar-refractivity contribution is -0.174. The van der Waals surface area contributed by atoms with Gasteiger partial charge in [-0.2, -0.15) is 0 Å². The van der Waals surface area contributed by atoms with E-state index in [1.165, 1.54) is 31.2 Å². The van der Waals surface area contributed by atoms with Gasteiger partial charge in [0.2, 0.25) is 5.91 Å². The number of amides is 1. The molecule has 1 aromatic rings. The van der Waals surface area contributed by atoms with Crippen molar-refractivity contribution < 1.29 is 15.0 Å². The second-order valence-electron chi connectivity index (χ2n) is 13.8. The summed E-state index contributed by atoms with van der Waals surface area (Å²) in [5, 5.41) is 22.1. The van der Waals surface area contributed by atoms with Crippen LogP contribution in [0.2, 0.25) is 0 Å². The van der Waals surface area contributed by atoms with Gasteiger partial charge in [-0.05, 0) is 122 Å². The minimum absolute atomic E-state index is 0.0265. The van der Waals surface area contributed by atoms with Crippen LogP contribution in [0.25, 0.3) is 0 Å². The second-order valence-corrected chi connectivity index (χ2v) is 13.8. The van der Waals surface area contributed by atoms with E-state index in [1.807, 2.05) is 11.0 Å². The number of carbonyl (C=O) groups is 1. The first-order chi connectivity index (χ1) is 17.2. The number of fused-ring (bicyclic) bond motifs is 6. The summed E-state index contributed by atoms with van der Waals surface area (Å²) in [7, 11) is 0. The van der Waals surface area contributed by atoms with E-state index >= 15 is 0 Å². The van der Waals surface area contributed by atoms with Crippen LogP contribution in [0.4, 0.5) is 5.69 Å². The normalized spacial score (nSPS) is 44.4. The van der Waals surface area contributed by atoms with Crippen LogP contribution < -0.4 is 4.90 Å². The maximum atomic E-state index is 13.2. The van der Waals surface area contributed by atoms with Gasteiger partial charge in [-0.1, -0.05) is 39.0 Å². The van der Waals surface area contributed by atoms with Crippen molar-refractivity contribution in [1.29, 1.82) is 0 Å². The largest absolute Gasteiger partial charge is 0.393 e. The number of hydrogen-bond acceptors (Lipinski definition) is 3. The molecule has 5 aliphatic rings. The van der Waals surface area contributed by atoms with Crippen molar-refractivity contribution in [2.75, 3.05) is 11.4 Å². The van der Waals surface area contributed by atoms with E-state index in [4.69, 9.17) is 0 Å². The van der Waals surface area contributed by atoms with Gasteiger partial charge in [0.1, 0.15) is 0 Å². The third-order valence-corrected chi connectivity index (χ3v) is 12.5. The number of aliphatic hydroxyl groups is 2. The average molecular weight is 494 g/mol. The van der Waals surface area contributed by atoms with Gasteiger partial charge in [0.05, 0.1) is 12.2 Å². The van der Waals surface area contributed by atoms with Crippen molar-refractivity contribution in [1.82, 2.24) is 0 Å². The molecular formula is C32H47NO3. The van der Waals surface area contributed by atoms with Gasteiger partial charge in [0.15, 0.2) is 0 Å². The van der Waals surface area contributed by atoms with E-state index in [2.05, 4.69) is 39.0 Å². The average Bonchev–Trinajstić information content (AvgIpc) is 3.46. The van der Waals surface area contributed by atoms with Gasteiger partial charge >= 0.3 is 0 Å². The minimum Gasteiger partial charge on any atom is -0.393 e. The van der Waals surface area contributed by atoms with Gasteiger partial charge in [-0.25, -0.2) is 0 Å². The van der Waals surface area contributed by atoms with E-state index < -0.39 is 0 Å². The van der Waals surface area contributed by atoms with Gasteiger partial charge in [-0.3, -0.25) is 4.79 Å². The number of aliphatic hydroxyl groups excluding tert-OH is 2. The molecule has 1 aromatic carbocycles. The highest BCUT2D eigenvalue weighted by molar-refractivity contribution is 5.95. The predicted octanol–water partition coefficient (Wildman–Crippen LogP) is 5.98. The van der Waals surface area contributed by atoms with Crippen molar-refractivity contribution >= 4 is 11.6 Å². The van der Waals surface area contributed by atoms with Gasteiger partial charge in [0.25, 0.3) is 0 Å². The molecule has 4 fully saturated rings. The van der Waals surface area contributed by atoms with Crippen LogP contribution in [0.5, 0.6) is 0 Å². The van der Waals surface area contributed by atoms with E-state index in [-0.39, 0.29) is 28.9 Å². The Hall–Kier alpha value is -1.39. The maximum absolute atomic E-state index is 13.2. The standard InChI is InChI=1S/C32H47NO3/c1-20(8-13-30(36)33-17-15-21-6-4-5-7-28(21)33)25-11-12-26-24-10-9-22-18-23(34)14-16-31(22,2)27(24)19-29(35)32(25,26)3/h4-7,20,22-27,29,34-35H,8-19H2,1-3H3/t20-,22-,23-,24+,25-,26+,27+,29+,31+,32-/m1/s1. The summed E-state index contributed by atoms with van der Waals surface area (Å²) in [6, 6.07) is 8.33. The summed E-state index contributed by atoms with van der Waals surface area (Å²) in [5.74, 6) is 3.75. The lowest BCUT2D eigenvalue weighted by Crippen LogP contribution is -2.58. The highest BCUT2D eigenvalue weighted by atomic mass is 16.3. The van der Waals surface area contributed by atoms with Crippen LogP contribution >= 0.6 is 0 Å². The summed E-state index contributed by atoms with van der Waals surface area (Å²) in [4.78, 5) is 15.2. The highest BCUT2D eigenvalue weighted by Crippen LogP contribution is 2.68. The molecule has 4 heteroatoms. The molecule has 36 heavy (non-hydrogen) atoms. The monoisotopic (exact) mass is 493 g/mol. The van der Waals surface area contributed by atoms with Crippen LogP contribution in [0.1, 0.15) is 90.5 Å². The van der Waals surface area contributed by atoms with E-state index in [0.29, 0.717) is 36.0 Å². The highest BCUT2D eigenvalue weighted by Gasteiger charge is 2.63. The molecule has 4 saturated carbocycles. The zero-order chi connectivity index (χ0) is 25.2. The third-order valence-electron chi connectivity index (χ3n) is 12.5. The number of hydrogen-bond donors (Lipinski definition) is 2. The molecule has 1 amide bonds. The molecule has 1 heterocycles. The molecular weight excluding hydrogens is 446 g/mol. The fourth-order valence-electron chi connectivity index (χ4n) is 10.4. The van der Waals surface area contributed by atoms with E-state index in [0.717, 1.165) is 56.7 Å².